The summed E-state index contributed by atoms with van der Waals surface area (Å²) in [5.41, 5.74) is 2.11. The van der Waals surface area contributed by atoms with Crippen molar-refractivity contribution >= 4 is 58.7 Å². The lowest BCUT2D eigenvalue weighted by Crippen LogP contribution is -2.11. The van der Waals surface area contributed by atoms with E-state index >= 15 is 0 Å². The van der Waals surface area contributed by atoms with E-state index in [1.165, 1.54) is 25.3 Å². The van der Waals surface area contributed by atoms with Crippen LogP contribution in [0.15, 0.2) is 65.3 Å². The third kappa shape index (κ3) is 4.94. The number of rotatable bonds is 5. The highest BCUT2D eigenvalue weighted by atomic mass is 35.5. The highest BCUT2D eigenvalue weighted by Crippen LogP contribution is 2.38. The number of methoxy groups -OCH3 is 1. The fraction of sp³-hybridized carbons (Fsp3) is 0.0800. The van der Waals surface area contributed by atoms with Crippen LogP contribution in [0.3, 0.4) is 0 Å². The molecule has 3 aromatic carbocycles. The number of aryl methyl sites for hydroxylation is 1. The van der Waals surface area contributed by atoms with E-state index in [1.807, 2.05) is 6.07 Å². The van der Waals surface area contributed by atoms with Gasteiger partial charge in [-0.1, -0.05) is 53.0 Å². The summed E-state index contributed by atoms with van der Waals surface area (Å²) in [5.74, 6) is -0.910. The number of cyclic esters (lactones) is 1. The van der Waals surface area contributed by atoms with Crippen LogP contribution in [-0.4, -0.2) is 24.9 Å². The number of nitrogens with zero attached hydrogens (tertiary/aromatic N) is 1. The first-order chi connectivity index (χ1) is 16.3. The van der Waals surface area contributed by atoms with E-state index in [0.29, 0.717) is 26.7 Å². The number of benzene rings is 3. The van der Waals surface area contributed by atoms with Crippen molar-refractivity contribution in [3.8, 4) is 11.5 Å². The van der Waals surface area contributed by atoms with Gasteiger partial charge in [-0.25, -0.2) is 14.6 Å². The number of hydrogen-bond donors (Lipinski definition) is 0. The second-order valence-corrected chi connectivity index (χ2v) is 8.45. The minimum Gasteiger partial charge on any atom is -0.493 e. The van der Waals surface area contributed by atoms with Gasteiger partial charge in [-0.05, 0) is 60.5 Å². The summed E-state index contributed by atoms with van der Waals surface area (Å²) in [7, 11) is 1.41. The minimum absolute atomic E-state index is 0.0313. The third-order valence-electron chi connectivity index (χ3n) is 4.90. The molecule has 0 spiro atoms. The molecular weight excluding hydrogens is 501 g/mol. The average Bonchev–Trinajstić information content (AvgIpc) is 3.15. The zero-order valence-electron chi connectivity index (χ0n) is 17.9. The fourth-order valence-corrected chi connectivity index (χ4v) is 3.96. The molecule has 0 saturated carbocycles. The van der Waals surface area contributed by atoms with Gasteiger partial charge in [0.1, 0.15) is 0 Å². The van der Waals surface area contributed by atoms with E-state index in [2.05, 4.69) is 4.99 Å². The molecule has 172 valence electrons. The van der Waals surface area contributed by atoms with Crippen molar-refractivity contribution in [2.75, 3.05) is 7.11 Å². The Morgan fingerprint density at radius 1 is 1.03 bits per heavy atom. The van der Waals surface area contributed by atoms with Crippen molar-refractivity contribution in [1.82, 2.24) is 0 Å². The first-order valence-electron chi connectivity index (χ1n) is 9.90. The number of hydrogen-bond acceptors (Lipinski definition) is 6. The molecule has 0 unspecified atom stereocenters. The van der Waals surface area contributed by atoms with Crippen LogP contribution < -0.4 is 9.47 Å². The Balaban J connectivity index is 1.65. The Labute approximate surface area is 210 Å². The van der Waals surface area contributed by atoms with Gasteiger partial charge in [0, 0.05) is 5.02 Å². The third-order valence-corrected chi connectivity index (χ3v) is 5.73. The van der Waals surface area contributed by atoms with Gasteiger partial charge >= 0.3 is 11.9 Å². The van der Waals surface area contributed by atoms with E-state index in [1.54, 1.807) is 43.3 Å². The van der Waals surface area contributed by atoms with Crippen LogP contribution >= 0.6 is 34.8 Å². The number of aliphatic imine (C=N–C) groups is 1. The molecule has 1 aliphatic heterocycles. The molecule has 9 heteroatoms. The summed E-state index contributed by atoms with van der Waals surface area (Å²) < 4.78 is 16.1. The van der Waals surface area contributed by atoms with Crippen molar-refractivity contribution in [1.29, 1.82) is 0 Å². The van der Waals surface area contributed by atoms with Gasteiger partial charge in [0.05, 0.1) is 28.3 Å². The van der Waals surface area contributed by atoms with Crippen molar-refractivity contribution in [2.24, 2.45) is 4.99 Å². The van der Waals surface area contributed by atoms with Gasteiger partial charge in [-0.3, -0.25) is 0 Å². The molecule has 0 aliphatic carbocycles. The Morgan fingerprint density at radius 2 is 1.79 bits per heavy atom. The lowest BCUT2D eigenvalue weighted by molar-refractivity contribution is -0.129. The van der Waals surface area contributed by atoms with Crippen LogP contribution in [0.5, 0.6) is 11.5 Å². The molecule has 0 amide bonds. The summed E-state index contributed by atoms with van der Waals surface area (Å²) in [6.45, 7) is 1.80. The molecule has 6 nitrogen and oxygen atoms in total. The maximum atomic E-state index is 12.6. The van der Waals surface area contributed by atoms with Crippen LogP contribution in [0.2, 0.25) is 15.1 Å². The van der Waals surface area contributed by atoms with Crippen LogP contribution in [0.25, 0.3) is 6.08 Å². The summed E-state index contributed by atoms with van der Waals surface area (Å²) >= 11 is 18.5. The van der Waals surface area contributed by atoms with Gasteiger partial charge in [0.25, 0.3) is 0 Å². The highest BCUT2D eigenvalue weighted by Gasteiger charge is 2.26. The highest BCUT2D eigenvalue weighted by molar-refractivity contribution is 6.37. The Kier molecular flexibility index (Phi) is 6.93. The molecule has 0 bridgehead atoms. The van der Waals surface area contributed by atoms with Gasteiger partial charge in [0.15, 0.2) is 17.2 Å². The maximum absolute atomic E-state index is 12.6. The molecule has 0 N–H and O–H groups in total. The van der Waals surface area contributed by atoms with E-state index in [-0.39, 0.29) is 28.1 Å². The van der Waals surface area contributed by atoms with Gasteiger partial charge < -0.3 is 14.2 Å². The zero-order chi connectivity index (χ0) is 24.4. The molecule has 1 aliphatic rings. The Bertz CT molecular complexity index is 1380. The normalized spacial score (nSPS) is 14.1. The summed E-state index contributed by atoms with van der Waals surface area (Å²) in [5, 5.41) is 0.855. The standard InChI is InChI=1S/C25H16Cl3NO5/c1-13-5-3-4-6-16(13)24(30)33-22-19(28)9-14(11-21(22)32-2)10-20-25(31)34-23(29-20)17-8-7-15(26)12-18(17)27/h3-12H,1-2H3/b20-10-. The number of esters is 2. The minimum atomic E-state index is -0.661. The molecule has 34 heavy (non-hydrogen) atoms. The smallest absolute Gasteiger partial charge is 0.363 e. The molecule has 0 atom stereocenters. The summed E-state index contributed by atoms with van der Waals surface area (Å²) in [6, 6.07) is 14.9. The lowest BCUT2D eigenvalue weighted by Gasteiger charge is -2.13. The van der Waals surface area contributed by atoms with Crippen molar-refractivity contribution in [3.63, 3.8) is 0 Å². The number of halogens is 3. The summed E-state index contributed by atoms with van der Waals surface area (Å²) in [6.07, 6.45) is 1.47. The number of ether oxygens (including phenoxy) is 3. The zero-order valence-corrected chi connectivity index (χ0v) is 20.2. The van der Waals surface area contributed by atoms with Crippen molar-refractivity contribution in [2.45, 2.75) is 6.92 Å². The molecule has 0 radical (unpaired) electrons. The lowest BCUT2D eigenvalue weighted by atomic mass is 10.1. The van der Waals surface area contributed by atoms with Crippen molar-refractivity contribution < 1.29 is 23.8 Å². The summed E-state index contributed by atoms with van der Waals surface area (Å²) in [4.78, 5) is 29.2. The molecular formula is C25H16Cl3NO5. The van der Waals surface area contributed by atoms with Crippen molar-refractivity contribution in [3.05, 3.63) is 97.6 Å². The maximum Gasteiger partial charge on any atom is 0.363 e. The first kappa shape index (κ1) is 23.8. The van der Waals surface area contributed by atoms with Crippen LogP contribution in [0.1, 0.15) is 27.0 Å². The van der Waals surface area contributed by atoms with Gasteiger partial charge in [0.2, 0.25) is 5.90 Å². The second-order valence-electron chi connectivity index (χ2n) is 7.20. The van der Waals surface area contributed by atoms with Crippen LogP contribution in [-0.2, 0) is 9.53 Å². The molecule has 3 aromatic rings. The van der Waals surface area contributed by atoms with E-state index in [9.17, 15) is 9.59 Å². The Hall–Kier alpha value is -3.32. The van der Waals surface area contributed by atoms with E-state index in [0.717, 1.165) is 5.56 Å². The quantitative estimate of drug-likeness (QED) is 0.219. The largest absolute Gasteiger partial charge is 0.493 e. The molecule has 0 saturated heterocycles. The monoisotopic (exact) mass is 515 g/mol. The second kappa shape index (κ2) is 9.89. The molecule has 1 heterocycles. The molecule has 4 rings (SSSR count). The number of carbonyl (C=O) groups excluding carboxylic acids is 2. The van der Waals surface area contributed by atoms with E-state index in [4.69, 9.17) is 49.0 Å². The average molecular weight is 517 g/mol. The van der Waals surface area contributed by atoms with Gasteiger partial charge in [-0.15, -0.1) is 0 Å². The topological polar surface area (TPSA) is 74.2 Å². The predicted octanol–water partition coefficient (Wildman–Crippen LogP) is 6.53. The first-order valence-corrected chi connectivity index (χ1v) is 11.0. The molecule has 0 aromatic heterocycles. The van der Waals surface area contributed by atoms with Crippen LogP contribution in [0, 0.1) is 6.92 Å². The SMILES string of the molecule is COc1cc(/C=C2\N=C(c3ccc(Cl)cc3Cl)OC2=O)cc(Cl)c1OC(=O)c1ccccc1C. The van der Waals surface area contributed by atoms with E-state index < -0.39 is 11.9 Å². The molecule has 0 fully saturated rings. The van der Waals surface area contributed by atoms with Gasteiger partial charge in [-0.2, -0.15) is 0 Å². The fourth-order valence-electron chi connectivity index (χ4n) is 3.22. The number of carbonyl (C=O) groups is 2. The van der Waals surface area contributed by atoms with Crippen LogP contribution in [0.4, 0.5) is 0 Å². The predicted molar refractivity (Wildman–Crippen MR) is 131 cm³/mol. The Morgan fingerprint density at radius 3 is 2.50 bits per heavy atom.